The number of rotatable bonds is 5. The molecular weight excluding hydrogens is 356 g/mol. The van der Waals surface area contributed by atoms with Gasteiger partial charge in [-0.05, 0) is 31.9 Å². The summed E-state index contributed by atoms with van der Waals surface area (Å²) in [5.41, 5.74) is 2.03. The number of hydrogen-bond donors (Lipinski definition) is 2. The van der Waals surface area contributed by atoms with E-state index in [1.165, 1.54) is 0 Å². The highest BCUT2D eigenvalue weighted by molar-refractivity contribution is 5.72. The topological polar surface area (TPSA) is 82.0 Å². The van der Waals surface area contributed by atoms with Crippen molar-refractivity contribution in [2.24, 2.45) is 0 Å². The lowest BCUT2D eigenvalue weighted by atomic mass is 10.0. The summed E-state index contributed by atoms with van der Waals surface area (Å²) in [6.07, 6.45) is 2.56. The summed E-state index contributed by atoms with van der Waals surface area (Å²) in [4.78, 5) is 14.1. The molecule has 2 aromatic rings. The summed E-state index contributed by atoms with van der Waals surface area (Å²) in [6, 6.07) is 7.93. The fourth-order valence-corrected chi connectivity index (χ4v) is 3.81. The van der Waals surface area contributed by atoms with Crippen LogP contribution in [0.1, 0.15) is 25.8 Å². The summed E-state index contributed by atoms with van der Waals surface area (Å²) in [5, 5.41) is 19.6. The normalized spacial score (nSPS) is 19.4. The summed E-state index contributed by atoms with van der Waals surface area (Å²) < 4.78 is 5.70. The van der Waals surface area contributed by atoms with Gasteiger partial charge in [-0.2, -0.15) is 0 Å². The number of ether oxygens (including phenoxy) is 1. The Morgan fingerprint density at radius 3 is 2.96 bits per heavy atom. The zero-order chi connectivity index (χ0) is 19.7. The second kappa shape index (κ2) is 7.66. The van der Waals surface area contributed by atoms with Crippen molar-refractivity contribution in [2.75, 3.05) is 42.6 Å². The molecule has 1 aromatic heterocycles. The molecule has 3 heterocycles. The largest absolute Gasteiger partial charge is 0.392 e. The third-order valence-electron chi connectivity index (χ3n) is 5.38. The minimum Gasteiger partial charge on any atom is -0.392 e. The summed E-state index contributed by atoms with van der Waals surface area (Å²) in [6.45, 7) is 7.43. The summed E-state index contributed by atoms with van der Waals surface area (Å²) in [7, 11) is 0. The van der Waals surface area contributed by atoms with Gasteiger partial charge in [0.15, 0.2) is 11.6 Å². The Labute approximate surface area is 165 Å². The number of fused-ring (bicyclic) bond motifs is 3. The van der Waals surface area contributed by atoms with Crippen LogP contribution < -0.4 is 9.80 Å². The Bertz CT molecular complexity index is 837. The Balaban J connectivity index is 1.70. The van der Waals surface area contributed by atoms with E-state index in [9.17, 15) is 10.2 Å². The molecule has 0 amide bonds. The molecule has 2 N–H and O–H groups in total. The molecule has 2 aliphatic rings. The first-order valence-electron chi connectivity index (χ1n) is 9.83. The lowest BCUT2D eigenvalue weighted by molar-refractivity contribution is 0.0713. The van der Waals surface area contributed by atoms with E-state index in [2.05, 4.69) is 14.8 Å². The first-order valence-corrected chi connectivity index (χ1v) is 9.83. The molecule has 0 saturated carbocycles. The van der Waals surface area contributed by atoms with Crippen molar-refractivity contribution >= 4 is 11.5 Å². The Hall–Kier alpha value is -2.22. The molecule has 1 saturated heterocycles. The predicted octanol–water partition coefficient (Wildman–Crippen LogP) is 1.82. The number of morpholine rings is 1. The Kier molecular flexibility index (Phi) is 5.23. The number of anilines is 2. The van der Waals surface area contributed by atoms with Gasteiger partial charge in [0.25, 0.3) is 0 Å². The van der Waals surface area contributed by atoms with Gasteiger partial charge in [0.05, 0.1) is 43.3 Å². The number of hydrogen-bond acceptors (Lipinski definition) is 7. The molecule has 28 heavy (non-hydrogen) atoms. The van der Waals surface area contributed by atoms with E-state index in [0.717, 1.165) is 42.3 Å². The van der Waals surface area contributed by atoms with Crippen LogP contribution in [0.25, 0.3) is 11.4 Å². The van der Waals surface area contributed by atoms with E-state index in [4.69, 9.17) is 9.72 Å². The molecule has 0 unspecified atom stereocenters. The van der Waals surface area contributed by atoms with E-state index in [1.54, 1.807) is 0 Å². The Morgan fingerprint density at radius 1 is 1.32 bits per heavy atom. The molecule has 1 fully saturated rings. The highest BCUT2D eigenvalue weighted by Gasteiger charge is 2.35. The van der Waals surface area contributed by atoms with Gasteiger partial charge in [0, 0.05) is 25.2 Å². The van der Waals surface area contributed by atoms with Crippen molar-refractivity contribution in [1.82, 2.24) is 9.97 Å². The van der Waals surface area contributed by atoms with Gasteiger partial charge in [-0.1, -0.05) is 18.2 Å². The van der Waals surface area contributed by atoms with Crippen molar-refractivity contribution < 1.29 is 14.9 Å². The summed E-state index contributed by atoms with van der Waals surface area (Å²) in [5.74, 6) is 1.58. The average Bonchev–Trinajstić information content (AvgIpc) is 2.71. The van der Waals surface area contributed by atoms with Crippen LogP contribution in [0, 0.1) is 0 Å². The average molecular weight is 384 g/mol. The number of benzene rings is 1. The van der Waals surface area contributed by atoms with E-state index in [0.29, 0.717) is 25.5 Å². The minimum absolute atomic E-state index is 0.00492. The van der Waals surface area contributed by atoms with Crippen LogP contribution >= 0.6 is 0 Å². The first-order chi connectivity index (χ1) is 13.4. The second-order valence-corrected chi connectivity index (χ2v) is 8.19. The molecule has 0 aliphatic carbocycles. The van der Waals surface area contributed by atoms with Gasteiger partial charge in [0.1, 0.15) is 0 Å². The summed E-state index contributed by atoms with van der Waals surface area (Å²) >= 11 is 0. The molecule has 0 bridgehead atoms. The number of aliphatic hydroxyl groups is 2. The number of nitrogens with zero attached hydrogens (tertiary/aromatic N) is 4. The van der Waals surface area contributed by atoms with Gasteiger partial charge in [-0.25, -0.2) is 9.97 Å². The smallest absolute Gasteiger partial charge is 0.161 e. The monoisotopic (exact) mass is 384 g/mol. The molecule has 0 spiro atoms. The number of aromatic nitrogens is 2. The van der Waals surface area contributed by atoms with Crippen molar-refractivity contribution in [1.29, 1.82) is 0 Å². The van der Waals surface area contributed by atoms with Crippen LogP contribution in [0.2, 0.25) is 0 Å². The zero-order valence-corrected chi connectivity index (χ0v) is 16.5. The van der Waals surface area contributed by atoms with E-state index < -0.39 is 5.60 Å². The standard InChI is InChI=1S/C21H28N4O3/c1-21(2,27)6-7-24-12-17-14-28-9-8-25(17)20-18(24)11-22-19(23-20)16-5-3-4-15(10-16)13-26/h3-5,10-11,17,26-27H,6-9,12-14H2,1-2H3/t17-/m1/s1. The fourth-order valence-electron chi connectivity index (χ4n) is 3.81. The maximum Gasteiger partial charge on any atom is 0.161 e. The molecule has 0 radical (unpaired) electrons. The molecule has 7 nitrogen and oxygen atoms in total. The highest BCUT2D eigenvalue weighted by Crippen LogP contribution is 2.36. The van der Waals surface area contributed by atoms with Crippen LogP contribution in [0.15, 0.2) is 30.5 Å². The van der Waals surface area contributed by atoms with E-state index in [-0.39, 0.29) is 12.6 Å². The SMILES string of the molecule is CC(C)(O)CCN1C[C@@H]2COCCN2c2nc(-c3cccc(CO)c3)ncc21. The molecule has 7 heteroatoms. The maximum atomic E-state index is 10.2. The van der Waals surface area contributed by atoms with Crippen LogP contribution in [0.4, 0.5) is 11.5 Å². The third-order valence-corrected chi connectivity index (χ3v) is 5.38. The third kappa shape index (κ3) is 3.97. The van der Waals surface area contributed by atoms with Crippen LogP contribution in [0.3, 0.4) is 0 Å². The molecule has 1 atom stereocenters. The van der Waals surface area contributed by atoms with E-state index >= 15 is 0 Å². The molecule has 4 rings (SSSR count). The Morgan fingerprint density at radius 2 is 2.18 bits per heavy atom. The van der Waals surface area contributed by atoms with Crippen molar-refractivity contribution in [3.8, 4) is 11.4 Å². The van der Waals surface area contributed by atoms with Crippen LogP contribution in [-0.4, -0.2) is 64.7 Å². The quantitative estimate of drug-likeness (QED) is 0.814. The van der Waals surface area contributed by atoms with Gasteiger partial charge in [-0.3, -0.25) is 0 Å². The molecule has 2 aliphatic heterocycles. The van der Waals surface area contributed by atoms with Gasteiger partial charge < -0.3 is 24.7 Å². The zero-order valence-electron chi connectivity index (χ0n) is 16.5. The van der Waals surface area contributed by atoms with Gasteiger partial charge in [-0.15, -0.1) is 0 Å². The van der Waals surface area contributed by atoms with Crippen LogP contribution in [0.5, 0.6) is 0 Å². The van der Waals surface area contributed by atoms with E-state index in [1.807, 2.05) is 44.3 Å². The van der Waals surface area contributed by atoms with Crippen LogP contribution in [-0.2, 0) is 11.3 Å². The molecular formula is C21H28N4O3. The lowest BCUT2D eigenvalue weighted by Crippen LogP contribution is -2.56. The maximum absolute atomic E-state index is 10.2. The fraction of sp³-hybridized carbons (Fsp3) is 0.524. The first kappa shape index (κ1) is 19.1. The minimum atomic E-state index is -0.716. The highest BCUT2D eigenvalue weighted by atomic mass is 16.5. The lowest BCUT2D eigenvalue weighted by Gasteiger charge is -2.46. The number of aliphatic hydroxyl groups excluding tert-OH is 1. The van der Waals surface area contributed by atoms with Gasteiger partial charge >= 0.3 is 0 Å². The van der Waals surface area contributed by atoms with Gasteiger partial charge in [0.2, 0.25) is 0 Å². The molecule has 1 aromatic carbocycles. The molecule has 150 valence electrons. The second-order valence-electron chi connectivity index (χ2n) is 8.19. The van der Waals surface area contributed by atoms with Crippen molar-refractivity contribution in [2.45, 2.75) is 38.5 Å². The van der Waals surface area contributed by atoms with Crippen molar-refractivity contribution in [3.63, 3.8) is 0 Å². The predicted molar refractivity (Wildman–Crippen MR) is 108 cm³/mol. The van der Waals surface area contributed by atoms with Crippen molar-refractivity contribution in [3.05, 3.63) is 36.0 Å².